The minimum Gasteiger partial charge on any atom is -0.337 e. The van der Waals surface area contributed by atoms with Crippen LogP contribution < -0.4 is 10.6 Å². The molecule has 6 nitrogen and oxygen atoms in total. The molecule has 1 aromatic heterocycles. The van der Waals surface area contributed by atoms with Crippen LogP contribution in [0.25, 0.3) is 11.4 Å². The number of hydrogen-bond acceptors (Lipinski definition) is 4. The van der Waals surface area contributed by atoms with Gasteiger partial charge in [-0.05, 0) is 38.1 Å². The van der Waals surface area contributed by atoms with E-state index in [9.17, 15) is 4.79 Å². The van der Waals surface area contributed by atoms with E-state index in [1.165, 1.54) is 0 Å². The Labute approximate surface area is 150 Å². The van der Waals surface area contributed by atoms with Crippen molar-refractivity contribution in [2.45, 2.75) is 19.9 Å². The Bertz CT molecular complexity index is 877. The van der Waals surface area contributed by atoms with E-state index < -0.39 is 6.04 Å². The number of nitrogens with one attached hydrogen (secondary N) is 2. The zero-order chi connectivity index (χ0) is 17.8. The lowest BCUT2D eigenvalue weighted by Crippen LogP contribution is -2.31. The van der Waals surface area contributed by atoms with Crippen molar-refractivity contribution < 1.29 is 9.32 Å². The van der Waals surface area contributed by atoms with Gasteiger partial charge < -0.3 is 15.2 Å². The number of anilines is 1. The molecule has 0 spiro atoms. The highest BCUT2D eigenvalue weighted by molar-refractivity contribution is 6.30. The van der Waals surface area contributed by atoms with Crippen LogP contribution in [-0.4, -0.2) is 16.2 Å². The van der Waals surface area contributed by atoms with E-state index in [0.29, 0.717) is 22.4 Å². The molecule has 128 valence electrons. The number of nitrogens with zero attached hydrogens (tertiary/aromatic N) is 2. The SMILES string of the molecule is Cc1ccc(NC(=O)NC(C)c2nc(-c3cccc(Cl)c3)no2)cc1. The van der Waals surface area contributed by atoms with Crippen LogP contribution in [0.5, 0.6) is 0 Å². The molecule has 0 radical (unpaired) electrons. The minimum atomic E-state index is -0.439. The lowest BCUT2D eigenvalue weighted by molar-refractivity contribution is 0.245. The maximum absolute atomic E-state index is 12.1. The molecular weight excluding hydrogens is 340 g/mol. The predicted molar refractivity (Wildman–Crippen MR) is 96.5 cm³/mol. The Hall–Kier alpha value is -2.86. The van der Waals surface area contributed by atoms with E-state index in [4.69, 9.17) is 16.1 Å². The van der Waals surface area contributed by atoms with Crippen LogP contribution in [0.1, 0.15) is 24.4 Å². The molecule has 0 saturated carbocycles. The maximum Gasteiger partial charge on any atom is 0.319 e. The molecule has 3 aromatic rings. The van der Waals surface area contributed by atoms with Crippen LogP contribution in [0.4, 0.5) is 10.5 Å². The molecule has 0 fully saturated rings. The third-order valence-electron chi connectivity index (χ3n) is 3.55. The molecule has 2 aromatic carbocycles. The third kappa shape index (κ3) is 4.36. The number of aromatic nitrogens is 2. The molecule has 2 amide bonds. The number of aryl methyl sites for hydroxylation is 1. The Morgan fingerprint density at radius 3 is 2.68 bits per heavy atom. The molecule has 0 aliphatic rings. The summed E-state index contributed by atoms with van der Waals surface area (Å²) in [6.45, 7) is 3.75. The van der Waals surface area contributed by atoms with E-state index in [2.05, 4.69) is 20.8 Å². The second-order valence-electron chi connectivity index (χ2n) is 5.65. The topological polar surface area (TPSA) is 80.0 Å². The Morgan fingerprint density at radius 2 is 1.96 bits per heavy atom. The van der Waals surface area contributed by atoms with Gasteiger partial charge in [0, 0.05) is 16.3 Å². The van der Waals surface area contributed by atoms with Gasteiger partial charge in [0.15, 0.2) is 0 Å². The molecule has 1 atom stereocenters. The van der Waals surface area contributed by atoms with Crippen molar-refractivity contribution in [2.75, 3.05) is 5.32 Å². The van der Waals surface area contributed by atoms with Crippen molar-refractivity contribution in [3.05, 3.63) is 65.0 Å². The maximum atomic E-state index is 12.1. The fraction of sp³-hybridized carbons (Fsp3) is 0.167. The summed E-state index contributed by atoms with van der Waals surface area (Å²) in [5, 5.41) is 10.0. The molecule has 0 aliphatic heterocycles. The molecular formula is C18H17ClN4O2. The van der Waals surface area contributed by atoms with Crippen LogP contribution in [0.15, 0.2) is 53.1 Å². The number of urea groups is 1. The van der Waals surface area contributed by atoms with Crippen molar-refractivity contribution in [1.82, 2.24) is 15.5 Å². The second-order valence-corrected chi connectivity index (χ2v) is 6.09. The molecule has 0 saturated heterocycles. The summed E-state index contributed by atoms with van der Waals surface area (Å²) in [5.41, 5.74) is 2.58. The highest BCUT2D eigenvalue weighted by Gasteiger charge is 2.17. The summed E-state index contributed by atoms with van der Waals surface area (Å²) in [4.78, 5) is 16.4. The third-order valence-corrected chi connectivity index (χ3v) is 3.79. The summed E-state index contributed by atoms with van der Waals surface area (Å²) in [6, 6.07) is 13.9. The largest absolute Gasteiger partial charge is 0.337 e. The van der Waals surface area contributed by atoms with Gasteiger partial charge in [0.05, 0.1) is 0 Å². The summed E-state index contributed by atoms with van der Waals surface area (Å²) in [7, 11) is 0. The van der Waals surface area contributed by atoms with Gasteiger partial charge in [0.1, 0.15) is 6.04 Å². The lowest BCUT2D eigenvalue weighted by Gasteiger charge is -2.11. The first-order valence-electron chi connectivity index (χ1n) is 7.75. The van der Waals surface area contributed by atoms with E-state index in [1.807, 2.05) is 43.3 Å². The summed E-state index contributed by atoms with van der Waals surface area (Å²) in [5.74, 6) is 0.735. The minimum absolute atomic E-state index is 0.314. The molecule has 0 bridgehead atoms. The molecule has 0 aliphatic carbocycles. The normalized spacial score (nSPS) is 11.8. The van der Waals surface area contributed by atoms with Crippen molar-refractivity contribution in [2.24, 2.45) is 0 Å². The highest BCUT2D eigenvalue weighted by atomic mass is 35.5. The van der Waals surface area contributed by atoms with E-state index >= 15 is 0 Å². The number of carbonyl (C=O) groups excluding carboxylic acids is 1. The zero-order valence-corrected chi connectivity index (χ0v) is 14.5. The summed E-state index contributed by atoms with van der Waals surface area (Å²) >= 11 is 5.97. The first kappa shape index (κ1) is 17.0. The fourth-order valence-electron chi connectivity index (χ4n) is 2.22. The van der Waals surface area contributed by atoms with Crippen molar-refractivity contribution in [3.8, 4) is 11.4 Å². The van der Waals surface area contributed by atoms with E-state index in [1.54, 1.807) is 19.1 Å². The van der Waals surface area contributed by atoms with Crippen molar-refractivity contribution in [3.63, 3.8) is 0 Å². The Morgan fingerprint density at radius 1 is 1.20 bits per heavy atom. The predicted octanol–water partition coefficient (Wildman–Crippen LogP) is 4.58. The second kappa shape index (κ2) is 7.36. The first-order valence-corrected chi connectivity index (χ1v) is 8.13. The monoisotopic (exact) mass is 356 g/mol. The van der Waals surface area contributed by atoms with Gasteiger partial charge in [-0.2, -0.15) is 4.98 Å². The van der Waals surface area contributed by atoms with Crippen LogP contribution in [0.2, 0.25) is 5.02 Å². The molecule has 7 heteroatoms. The molecule has 2 N–H and O–H groups in total. The average Bonchev–Trinajstić information content (AvgIpc) is 3.07. The number of carbonyl (C=O) groups is 1. The van der Waals surface area contributed by atoms with Crippen LogP contribution >= 0.6 is 11.6 Å². The van der Waals surface area contributed by atoms with Crippen molar-refractivity contribution >= 4 is 23.3 Å². The number of halogens is 1. The van der Waals surface area contributed by atoms with Gasteiger partial charge in [-0.3, -0.25) is 0 Å². The number of benzene rings is 2. The van der Waals surface area contributed by atoms with Gasteiger partial charge in [-0.15, -0.1) is 0 Å². The smallest absolute Gasteiger partial charge is 0.319 e. The Balaban J connectivity index is 1.64. The lowest BCUT2D eigenvalue weighted by atomic mass is 10.2. The van der Waals surface area contributed by atoms with Crippen LogP contribution in [-0.2, 0) is 0 Å². The average molecular weight is 357 g/mol. The van der Waals surface area contributed by atoms with E-state index in [0.717, 1.165) is 11.1 Å². The first-order chi connectivity index (χ1) is 12.0. The van der Waals surface area contributed by atoms with Crippen LogP contribution in [0.3, 0.4) is 0 Å². The van der Waals surface area contributed by atoms with Gasteiger partial charge in [-0.1, -0.05) is 46.6 Å². The standard InChI is InChI=1S/C18H17ClN4O2/c1-11-6-8-15(9-7-11)21-18(24)20-12(2)17-22-16(23-25-17)13-4-3-5-14(19)10-13/h3-10,12H,1-2H3,(H2,20,21,24). The number of amides is 2. The quantitative estimate of drug-likeness (QED) is 0.717. The van der Waals surface area contributed by atoms with Gasteiger partial charge in [0.2, 0.25) is 11.7 Å². The van der Waals surface area contributed by atoms with Gasteiger partial charge >= 0.3 is 6.03 Å². The zero-order valence-electron chi connectivity index (χ0n) is 13.8. The molecule has 3 rings (SSSR count). The number of hydrogen-bond donors (Lipinski definition) is 2. The van der Waals surface area contributed by atoms with Gasteiger partial charge in [-0.25, -0.2) is 4.79 Å². The fourth-order valence-corrected chi connectivity index (χ4v) is 2.41. The molecule has 1 heterocycles. The summed E-state index contributed by atoms with van der Waals surface area (Å²) < 4.78 is 5.24. The van der Waals surface area contributed by atoms with Crippen LogP contribution in [0, 0.1) is 6.92 Å². The van der Waals surface area contributed by atoms with E-state index in [-0.39, 0.29) is 6.03 Å². The molecule has 1 unspecified atom stereocenters. The summed E-state index contributed by atoms with van der Waals surface area (Å²) in [6.07, 6.45) is 0. The van der Waals surface area contributed by atoms with Crippen molar-refractivity contribution in [1.29, 1.82) is 0 Å². The Kier molecular flexibility index (Phi) is 5.00. The molecule has 25 heavy (non-hydrogen) atoms. The highest BCUT2D eigenvalue weighted by Crippen LogP contribution is 2.21. The van der Waals surface area contributed by atoms with Gasteiger partial charge in [0.25, 0.3) is 0 Å². The number of rotatable bonds is 4.